The number of benzene rings is 1. The Morgan fingerprint density at radius 3 is 2.74 bits per heavy atom. The van der Waals surface area contributed by atoms with E-state index in [1.165, 1.54) is 0 Å². The van der Waals surface area contributed by atoms with Crippen molar-refractivity contribution in [3.63, 3.8) is 0 Å². The number of fused-ring (bicyclic) bond motifs is 1. The van der Waals surface area contributed by atoms with Crippen molar-refractivity contribution in [3.05, 3.63) is 54.1 Å². The number of aliphatic hydroxyl groups excluding tert-OH is 1. The van der Waals surface area contributed by atoms with Crippen LogP contribution >= 0.6 is 0 Å². The van der Waals surface area contributed by atoms with Gasteiger partial charge in [-0.3, -0.25) is 14.6 Å². The molecule has 0 fully saturated rings. The fourth-order valence-electron chi connectivity index (χ4n) is 2.11. The minimum atomic E-state index is -0.560. The smallest absolute Gasteiger partial charge is 0.0890 e. The zero-order chi connectivity index (χ0) is 13.2. The van der Waals surface area contributed by atoms with Crippen molar-refractivity contribution in [1.29, 1.82) is 0 Å². The van der Waals surface area contributed by atoms with Gasteiger partial charge in [0.2, 0.25) is 0 Å². The Labute approximate surface area is 110 Å². The molecule has 0 saturated carbocycles. The average Bonchev–Trinajstić information content (AvgIpc) is 2.83. The van der Waals surface area contributed by atoms with Crippen molar-refractivity contribution in [3.8, 4) is 0 Å². The number of aryl methyl sites for hydroxylation is 1. The van der Waals surface area contributed by atoms with Crippen LogP contribution in [-0.4, -0.2) is 24.9 Å². The third-order valence-electron chi connectivity index (χ3n) is 3.07. The third kappa shape index (κ3) is 2.46. The summed E-state index contributed by atoms with van der Waals surface area (Å²) in [6.45, 7) is 0. The molecular formula is C14H14N4O. The second-order valence-corrected chi connectivity index (χ2v) is 4.55. The van der Waals surface area contributed by atoms with Gasteiger partial charge in [0.25, 0.3) is 0 Å². The summed E-state index contributed by atoms with van der Waals surface area (Å²) < 4.78 is 1.73. The maximum Gasteiger partial charge on any atom is 0.0890 e. The molecule has 96 valence electrons. The summed E-state index contributed by atoms with van der Waals surface area (Å²) >= 11 is 0. The topological polar surface area (TPSA) is 63.8 Å². The maximum atomic E-state index is 10.3. The summed E-state index contributed by atoms with van der Waals surface area (Å²) in [5.41, 5.74) is 3.48. The molecule has 0 aliphatic heterocycles. The lowest BCUT2D eigenvalue weighted by Gasteiger charge is -2.10. The van der Waals surface area contributed by atoms with E-state index >= 15 is 0 Å². The van der Waals surface area contributed by atoms with E-state index in [-0.39, 0.29) is 0 Å². The Hall–Kier alpha value is -2.27. The van der Waals surface area contributed by atoms with Crippen LogP contribution in [0, 0.1) is 0 Å². The van der Waals surface area contributed by atoms with Crippen molar-refractivity contribution in [1.82, 2.24) is 19.7 Å². The summed E-state index contributed by atoms with van der Waals surface area (Å²) in [4.78, 5) is 8.46. The minimum Gasteiger partial charge on any atom is -0.388 e. The normalized spacial score (nSPS) is 12.7. The molecule has 2 heterocycles. The average molecular weight is 254 g/mol. The first kappa shape index (κ1) is 11.8. The zero-order valence-electron chi connectivity index (χ0n) is 10.6. The Bertz CT molecular complexity index is 707. The van der Waals surface area contributed by atoms with E-state index in [2.05, 4.69) is 15.1 Å². The standard InChI is InChI=1S/C14H14N4O/c1-18-9-10(8-17-18)6-14(19)11-2-3-12-13(7-11)16-5-4-15-12/h2-5,7-9,14,19H,6H2,1H3. The summed E-state index contributed by atoms with van der Waals surface area (Å²) in [6.07, 6.45) is 6.97. The number of nitrogens with zero attached hydrogens (tertiary/aromatic N) is 4. The van der Waals surface area contributed by atoms with Crippen molar-refractivity contribution in [2.75, 3.05) is 0 Å². The molecule has 3 rings (SSSR count). The summed E-state index contributed by atoms with van der Waals surface area (Å²) in [5, 5.41) is 14.4. The molecule has 5 heteroatoms. The molecule has 1 unspecified atom stereocenters. The molecule has 5 nitrogen and oxygen atoms in total. The Balaban J connectivity index is 1.86. The molecule has 1 N–H and O–H groups in total. The van der Waals surface area contributed by atoms with E-state index in [1.807, 2.05) is 31.4 Å². The lowest BCUT2D eigenvalue weighted by molar-refractivity contribution is 0.178. The van der Waals surface area contributed by atoms with Gasteiger partial charge >= 0.3 is 0 Å². The molecule has 0 aliphatic carbocycles. The molecule has 0 amide bonds. The molecule has 1 aromatic carbocycles. The number of aliphatic hydroxyl groups is 1. The van der Waals surface area contributed by atoms with Crippen LogP contribution in [0.1, 0.15) is 17.2 Å². The van der Waals surface area contributed by atoms with Crippen LogP contribution in [0.5, 0.6) is 0 Å². The highest BCUT2D eigenvalue weighted by atomic mass is 16.3. The van der Waals surface area contributed by atoms with E-state index in [0.717, 1.165) is 22.2 Å². The summed E-state index contributed by atoms with van der Waals surface area (Å²) in [6, 6.07) is 5.64. The fraction of sp³-hybridized carbons (Fsp3) is 0.214. The lowest BCUT2D eigenvalue weighted by atomic mass is 10.0. The quantitative estimate of drug-likeness (QED) is 0.771. The molecule has 0 saturated heterocycles. The molecule has 0 spiro atoms. The lowest BCUT2D eigenvalue weighted by Crippen LogP contribution is -2.01. The monoisotopic (exact) mass is 254 g/mol. The van der Waals surface area contributed by atoms with Crippen molar-refractivity contribution in [2.24, 2.45) is 7.05 Å². The van der Waals surface area contributed by atoms with E-state index in [4.69, 9.17) is 0 Å². The molecule has 2 aromatic heterocycles. The van der Waals surface area contributed by atoms with Gasteiger partial charge in [0, 0.05) is 32.1 Å². The first-order valence-corrected chi connectivity index (χ1v) is 6.08. The molecule has 3 aromatic rings. The summed E-state index contributed by atoms with van der Waals surface area (Å²) in [7, 11) is 1.86. The third-order valence-corrected chi connectivity index (χ3v) is 3.07. The number of rotatable bonds is 3. The highest BCUT2D eigenvalue weighted by molar-refractivity contribution is 5.74. The van der Waals surface area contributed by atoms with Crippen LogP contribution in [0.4, 0.5) is 0 Å². The fourth-order valence-corrected chi connectivity index (χ4v) is 2.11. The van der Waals surface area contributed by atoms with Gasteiger partial charge in [-0.2, -0.15) is 5.10 Å². The van der Waals surface area contributed by atoms with E-state index in [1.54, 1.807) is 23.3 Å². The molecule has 0 aliphatic rings. The molecule has 0 bridgehead atoms. The molecule has 0 radical (unpaired) electrons. The van der Waals surface area contributed by atoms with E-state index in [0.29, 0.717) is 6.42 Å². The van der Waals surface area contributed by atoms with Crippen molar-refractivity contribution >= 4 is 11.0 Å². The van der Waals surface area contributed by atoms with Gasteiger partial charge in [-0.25, -0.2) is 0 Å². The van der Waals surface area contributed by atoms with Crippen molar-refractivity contribution in [2.45, 2.75) is 12.5 Å². The van der Waals surface area contributed by atoms with Crippen LogP contribution < -0.4 is 0 Å². The Morgan fingerprint density at radius 1 is 1.21 bits per heavy atom. The molecular weight excluding hydrogens is 240 g/mol. The van der Waals surface area contributed by atoms with Gasteiger partial charge in [-0.15, -0.1) is 0 Å². The predicted molar refractivity (Wildman–Crippen MR) is 71.4 cm³/mol. The minimum absolute atomic E-state index is 0.541. The highest BCUT2D eigenvalue weighted by Gasteiger charge is 2.11. The second kappa shape index (κ2) is 4.78. The van der Waals surface area contributed by atoms with Crippen LogP contribution in [0.15, 0.2) is 43.0 Å². The molecule has 19 heavy (non-hydrogen) atoms. The second-order valence-electron chi connectivity index (χ2n) is 4.55. The van der Waals surface area contributed by atoms with Crippen LogP contribution in [0.2, 0.25) is 0 Å². The van der Waals surface area contributed by atoms with Gasteiger partial charge < -0.3 is 5.11 Å². The Morgan fingerprint density at radius 2 is 2.00 bits per heavy atom. The Kier molecular flexibility index (Phi) is 2.97. The largest absolute Gasteiger partial charge is 0.388 e. The van der Waals surface area contributed by atoms with Gasteiger partial charge in [0.05, 0.1) is 23.3 Å². The van der Waals surface area contributed by atoms with Gasteiger partial charge in [-0.05, 0) is 23.3 Å². The molecule has 1 atom stereocenters. The van der Waals surface area contributed by atoms with Crippen molar-refractivity contribution < 1.29 is 5.11 Å². The van der Waals surface area contributed by atoms with E-state index < -0.39 is 6.10 Å². The first-order valence-electron chi connectivity index (χ1n) is 6.08. The van der Waals surface area contributed by atoms with Crippen LogP contribution in [0.3, 0.4) is 0 Å². The van der Waals surface area contributed by atoms with Crippen LogP contribution in [-0.2, 0) is 13.5 Å². The highest BCUT2D eigenvalue weighted by Crippen LogP contribution is 2.20. The van der Waals surface area contributed by atoms with Gasteiger partial charge in [0.1, 0.15) is 0 Å². The first-order chi connectivity index (χ1) is 9.22. The number of aromatic nitrogens is 4. The van der Waals surface area contributed by atoms with Crippen LogP contribution in [0.25, 0.3) is 11.0 Å². The van der Waals surface area contributed by atoms with Gasteiger partial charge in [-0.1, -0.05) is 6.07 Å². The van der Waals surface area contributed by atoms with E-state index in [9.17, 15) is 5.11 Å². The zero-order valence-corrected chi connectivity index (χ0v) is 10.6. The number of hydrogen-bond donors (Lipinski definition) is 1. The van der Waals surface area contributed by atoms with Gasteiger partial charge in [0.15, 0.2) is 0 Å². The summed E-state index contributed by atoms with van der Waals surface area (Å²) in [5.74, 6) is 0. The maximum absolute atomic E-state index is 10.3. The number of hydrogen-bond acceptors (Lipinski definition) is 4. The predicted octanol–water partition coefficient (Wildman–Crippen LogP) is 1.64. The SMILES string of the molecule is Cn1cc(CC(O)c2ccc3nccnc3c2)cn1.